The van der Waals surface area contributed by atoms with Gasteiger partial charge in [-0.1, -0.05) is 22.0 Å². The third kappa shape index (κ3) is 4.43. The molecule has 0 aromatic heterocycles. The van der Waals surface area contributed by atoms with E-state index < -0.39 is 0 Å². The van der Waals surface area contributed by atoms with E-state index >= 15 is 0 Å². The quantitative estimate of drug-likeness (QED) is 0.876. The van der Waals surface area contributed by atoms with Crippen LogP contribution in [0.3, 0.4) is 0 Å². The number of hydrogen-bond donors (Lipinski definition) is 1. The molecule has 1 saturated heterocycles. The number of benzene rings is 1. The number of morpholine rings is 1. The molecule has 1 fully saturated rings. The highest BCUT2D eigenvalue weighted by atomic mass is 79.9. The zero-order valence-corrected chi connectivity index (χ0v) is 14.0. The maximum absolute atomic E-state index is 12.1. The highest BCUT2D eigenvalue weighted by molar-refractivity contribution is 9.10. The summed E-state index contributed by atoms with van der Waals surface area (Å²) >= 11 is 3.44. The van der Waals surface area contributed by atoms with Gasteiger partial charge < -0.3 is 19.7 Å². The monoisotopic (exact) mass is 356 g/mol. The summed E-state index contributed by atoms with van der Waals surface area (Å²) in [5, 5.41) is 3.18. The molecule has 1 N–H and O–H groups in total. The van der Waals surface area contributed by atoms with Crippen molar-refractivity contribution in [1.82, 2.24) is 10.2 Å². The van der Waals surface area contributed by atoms with Crippen LogP contribution in [0.15, 0.2) is 22.7 Å². The second kappa shape index (κ2) is 7.77. The van der Waals surface area contributed by atoms with Crippen LogP contribution in [0.1, 0.15) is 18.5 Å². The molecule has 1 aliphatic rings. The van der Waals surface area contributed by atoms with Gasteiger partial charge in [0.1, 0.15) is 5.75 Å². The minimum Gasteiger partial charge on any atom is -0.483 e. The van der Waals surface area contributed by atoms with Gasteiger partial charge in [-0.25, -0.2) is 0 Å². The van der Waals surface area contributed by atoms with E-state index in [4.69, 9.17) is 9.47 Å². The molecule has 116 valence electrons. The third-order valence-electron chi connectivity index (χ3n) is 3.59. The SMILES string of the molecule is CNC(C)c1ccc(Br)cc1OCC(=O)N1CCOCC1. The van der Waals surface area contributed by atoms with Gasteiger partial charge in [-0.15, -0.1) is 0 Å². The highest BCUT2D eigenvalue weighted by Gasteiger charge is 2.18. The van der Waals surface area contributed by atoms with Crippen LogP contribution in [0.5, 0.6) is 5.75 Å². The third-order valence-corrected chi connectivity index (χ3v) is 4.08. The van der Waals surface area contributed by atoms with Crippen molar-refractivity contribution in [2.45, 2.75) is 13.0 Å². The maximum Gasteiger partial charge on any atom is 0.260 e. The number of halogens is 1. The van der Waals surface area contributed by atoms with E-state index in [1.54, 1.807) is 4.90 Å². The van der Waals surface area contributed by atoms with Crippen molar-refractivity contribution in [3.05, 3.63) is 28.2 Å². The van der Waals surface area contributed by atoms with Crippen LogP contribution in [0.2, 0.25) is 0 Å². The van der Waals surface area contributed by atoms with Gasteiger partial charge in [-0.05, 0) is 26.1 Å². The molecule has 0 bridgehead atoms. The van der Waals surface area contributed by atoms with Gasteiger partial charge in [0, 0.05) is 29.2 Å². The van der Waals surface area contributed by atoms with Crippen LogP contribution in [-0.4, -0.2) is 50.8 Å². The van der Waals surface area contributed by atoms with Gasteiger partial charge in [0.15, 0.2) is 6.61 Å². The van der Waals surface area contributed by atoms with Crippen molar-refractivity contribution in [2.75, 3.05) is 40.0 Å². The fourth-order valence-electron chi connectivity index (χ4n) is 2.19. The maximum atomic E-state index is 12.1. The van der Waals surface area contributed by atoms with Crippen LogP contribution < -0.4 is 10.1 Å². The molecule has 1 aliphatic heterocycles. The number of carbonyl (C=O) groups is 1. The Morgan fingerprint density at radius 2 is 2.19 bits per heavy atom. The average Bonchev–Trinajstić information content (AvgIpc) is 2.52. The van der Waals surface area contributed by atoms with Gasteiger partial charge in [0.25, 0.3) is 5.91 Å². The summed E-state index contributed by atoms with van der Waals surface area (Å²) < 4.78 is 11.9. The summed E-state index contributed by atoms with van der Waals surface area (Å²) in [4.78, 5) is 13.9. The number of ether oxygens (including phenoxy) is 2. The van der Waals surface area contributed by atoms with E-state index in [2.05, 4.69) is 28.2 Å². The molecular formula is C15H21BrN2O3. The first kappa shape index (κ1) is 16.3. The summed E-state index contributed by atoms with van der Waals surface area (Å²) in [5.74, 6) is 0.731. The van der Waals surface area contributed by atoms with E-state index in [9.17, 15) is 4.79 Å². The van der Waals surface area contributed by atoms with Crippen LogP contribution in [0.25, 0.3) is 0 Å². The molecule has 0 saturated carbocycles. The minimum absolute atomic E-state index is 0.00124. The Morgan fingerprint density at radius 3 is 2.86 bits per heavy atom. The van der Waals surface area contributed by atoms with E-state index in [-0.39, 0.29) is 18.6 Å². The van der Waals surface area contributed by atoms with Crippen molar-refractivity contribution in [3.63, 3.8) is 0 Å². The molecule has 5 nitrogen and oxygen atoms in total. The van der Waals surface area contributed by atoms with Gasteiger partial charge in [-0.3, -0.25) is 4.79 Å². The topological polar surface area (TPSA) is 50.8 Å². The van der Waals surface area contributed by atoms with Gasteiger partial charge in [0.2, 0.25) is 0 Å². The molecule has 6 heteroatoms. The number of amides is 1. The summed E-state index contributed by atoms with van der Waals surface area (Å²) in [6, 6.07) is 6.03. The van der Waals surface area contributed by atoms with Crippen molar-refractivity contribution in [2.24, 2.45) is 0 Å². The normalized spacial score (nSPS) is 16.6. The first-order chi connectivity index (χ1) is 10.1. The van der Waals surface area contributed by atoms with E-state index in [1.165, 1.54) is 0 Å². The van der Waals surface area contributed by atoms with Gasteiger partial charge >= 0.3 is 0 Å². The number of nitrogens with one attached hydrogen (secondary N) is 1. The fraction of sp³-hybridized carbons (Fsp3) is 0.533. The molecule has 1 aromatic carbocycles. The lowest BCUT2D eigenvalue weighted by atomic mass is 10.1. The Balaban J connectivity index is 2.01. The molecule has 0 aliphatic carbocycles. The Labute approximate surface area is 133 Å². The lowest BCUT2D eigenvalue weighted by Gasteiger charge is -2.27. The van der Waals surface area contributed by atoms with Crippen LogP contribution in [-0.2, 0) is 9.53 Å². The number of hydrogen-bond acceptors (Lipinski definition) is 4. The first-order valence-corrected chi connectivity index (χ1v) is 7.86. The van der Waals surface area contributed by atoms with Crippen molar-refractivity contribution in [1.29, 1.82) is 0 Å². The van der Waals surface area contributed by atoms with Crippen molar-refractivity contribution >= 4 is 21.8 Å². The van der Waals surface area contributed by atoms with Crippen LogP contribution in [0.4, 0.5) is 0 Å². The highest BCUT2D eigenvalue weighted by Crippen LogP contribution is 2.28. The predicted octanol–water partition coefficient (Wildman–Crippen LogP) is 1.97. The lowest BCUT2D eigenvalue weighted by Crippen LogP contribution is -2.43. The summed E-state index contributed by atoms with van der Waals surface area (Å²) in [6.45, 7) is 4.59. The van der Waals surface area contributed by atoms with Crippen LogP contribution in [0, 0.1) is 0 Å². The predicted molar refractivity (Wildman–Crippen MR) is 84.5 cm³/mol. The molecular weight excluding hydrogens is 336 g/mol. The number of rotatable bonds is 5. The van der Waals surface area contributed by atoms with Crippen LogP contribution >= 0.6 is 15.9 Å². The van der Waals surface area contributed by atoms with E-state index in [1.807, 2.05) is 25.2 Å². The lowest BCUT2D eigenvalue weighted by molar-refractivity contribution is -0.137. The molecule has 1 atom stereocenters. The fourth-order valence-corrected chi connectivity index (χ4v) is 2.53. The summed E-state index contributed by atoms with van der Waals surface area (Å²) in [6.07, 6.45) is 0. The second-order valence-corrected chi connectivity index (χ2v) is 5.89. The van der Waals surface area contributed by atoms with Gasteiger partial charge in [0.05, 0.1) is 13.2 Å². The molecule has 1 amide bonds. The standard InChI is InChI=1S/C15H21BrN2O3/c1-11(17-2)13-4-3-12(16)9-14(13)21-10-15(19)18-5-7-20-8-6-18/h3-4,9,11,17H,5-8,10H2,1-2H3. The number of nitrogens with zero attached hydrogens (tertiary/aromatic N) is 1. The van der Waals surface area contributed by atoms with Crippen molar-refractivity contribution in [3.8, 4) is 5.75 Å². The summed E-state index contributed by atoms with van der Waals surface area (Å²) in [5.41, 5.74) is 1.04. The number of carbonyl (C=O) groups excluding carboxylic acids is 1. The molecule has 0 spiro atoms. The Hall–Kier alpha value is -1.11. The molecule has 0 radical (unpaired) electrons. The average molecular weight is 357 g/mol. The van der Waals surface area contributed by atoms with Gasteiger partial charge in [-0.2, -0.15) is 0 Å². The Bertz CT molecular complexity index is 490. The van der Waals surface area contributed by atoms with Crippen molar-refractivity contribution < 1.29 is 14.3 Å². The zero-order chi connectivity index (χ0) is 15.2. The summed E-state index contributed by atoms with van der Waals surface area (Å²) in [7, 11) is 1.90. The molecule has 2 rings (SSSR count). The minimum atomic E-state index is 0.00124. The molecule has 1 unspecified atom stereocenters. The first-order valence-electron chi connectivity index (χ1n) is 7.07. The van der Waals surface area contributed by atoms with E-state index in [0.717, 1.165) is 15.8 Å². The smallest absolute Gasteiger partial charge is 0.260 e. The Morgan fingerprint density at radius 1 is 1.48 bits per heavy atom. The molecule has 21 heavy (non-hydrogen) atoms. The largest absolute Gasteiger partial charge is 0.483 e. The van der Waals surface area contributed by atoms with E-state index in [0.29, 0.717) is 26.3 Å². The molecule has 1 heterocycles. The molecule has 1 aromatic rings. The zero-order valence-electron chi connectivity index (χ0n) is 12.4. The Kier molecular flexibility index (Phi) is 6.02. The second-order valence-electron chi connectivity index (χ2n) is 4.97.